The molecule has 5 heteroatoms. The minimum Gasteiger partial charge on any atom is -0.301 e. The average molecular weight is 252 g/mol. The van der Waals surface area contributed by atoms with E-state index in [-0.39, 0.29) is 12.4 Å². The van der Waals surface area contributed by atoms with Crippen LogP contribution in [0.2, 0.25) is 5.02 Å². The summed E-state index contributed by atoms with van der Waals surface area (Å²) in [6.07, 6.45) is 1.83. The minimum absolute atomic E-state index is 0. The second-order valence-corrected chi connectivity index (χ2v) is 3.56. The number of pyridine rings is 1. The van der Waals surface area contributed by atoms with E-state index in [4.69, 9.17) is 23.2 Å². The van der Waals surface area contributed by atoms with Crippen molar-refractivity contribution in [3.63, 3.8) is 0 Å². The van der Waals surface area contributed by atoms with Gasteiger partial charge in [-0.1, -0.05) is 11.6 Å². The molecule has 0 radical (unpaired) electrons. The number of fused-ring (bicyclic) bond motifs is 1. The van der Waals surface area contributed by atoms with Gasteiger partial charge in [-0.05, 0) is 19.1 Å². The van der Waals surface area contributed by atoms with Crippen molar-refractivity contribution in [3.05, 3.63) is 34.7 Å². The fraction of sp³-hybridized carbons (Fsp3) is 0.222. The second kappa shape index (κ2) is 4.39. The van der Waals surface area contributed by atoms with E-state index in [9.17, 15) is 0 Å². The fourth-order valence-corrected chi connectivity index (χ4v) is 1.83. The van der Waals surface area contributed by atoms with Crippen molar-refractivity contribution < 1.29 is 0 Å². The number of hydrogen-bond donors (Lipinski definition) is 0. The third-order valence-corrected chi connectivity index (χ3v) is 2.48. The van der Waals surface area contributed by atoms with Crippen LogP contribution in [0.3, 0.4) is 0 Å². The summed E-state index contributed by atoms with van der Waals surface area (Å²) in [6.45, 7) is 1.94. The molecule has 0 spiro atoms. The predicted octanol–water partition coefficient (Wildman–Crippen LogP) is 3.46. The molecule has 0 saturated heterocycles. The van der Waals surface area contributed by atoms with Crippen molar-refractivity contribution in [2.45, 2.75) is 12.8 Å². The molecule has 2 rings (SSSR count). The molecule has 0 aliphatic carbocycles. The van der Waals surface area contributed by atoms with Crippen molar-refractivity contribution in [1.82, 2.24) is 9.38 Å². The Morgan fingerprint density at radius 1 is 1.43 bits per heavy atom. The van der Waals surface area contributed by atoms with Gasteiger partial charge in [-0.25, -0.2) is 4.98 Å². The van der Waals surface area contributed by atoms with E-state index in [1.807, 2.05) is 29.7 Å². The highest BCUT2D eigenvalue weighted by Gasteiger charge is 2.06. The summed E-state index contributed by atoms with van der Waals surface area (Å²) in [6, 6.07) is 3.70. The molecule has 76 valence electrons. The Labute approximate surface area is 98.3 Å². The summed E-state index contributed by atoms with van der Waals surface area (Å²) in [7, 11) is 0. The van der Waals surface area contributed by atoms with Gasteiger partial charge in [0.1, 0.15) is 5.65 Å². The third kappa shape index (κ3) is 1.83. The van der Waals surface area contributed by atoms with Gasteiger partial charge in [-0.2, -0.15) is 0 Å². The van der Waals surface area contributed by atoms with E-state index in [0.29, 0.717) is 10.9 Å². The van der Waals surface area contributed by atoms with E-state index in [0.717, 1.165) is 17.0 Å². The number of nitrogens with zero attached hydrogens (tertiary/aromatic N) is 2. The van der Waals surface area contributed by atoms with Gasteiger partial charge in [0.2, 0.25) is 0 Å². The zero-order valence-corrected chi connectivity index (χ0v) is 9.83. The number of hydrogen-bond acceptors (Lipinski definition) is 1. The summed E-state index contributed by atoms with van der Waals surface area (Å²) in [4.78, 5) is 4.34. The number of halogens is 3. The molecule has 0 bridgehead atoms. The smallest absolute Gasteiger partial charge is 0.137 e. The largest absolute Gasteiger partial charge is 0.301 e. The highest BCUT2D eigenvalue weighted by Crippen LogP contribution is 2.17. The zero-order chi connectivity index (χ0) is 9.42. The Kier molecular flexibility index (Phi) is 3.65. The maximum atomic E-state index is 5.87. The van der Waals surface area contributed by atoms with E-state index in [1.54, 1.807) is 0 Å². The topological polar surface area (TPSA) is 17.3 Å². The summed E-state index contributed by atoms with van der Waals surface area (Å²) in [5, 5.41) is 0.691. The van der Waals surface area contributed by atoms with E-state index in [2.05, 4.69) is 4.98 Å². The van der Waals surface area contributed by atoms with Gasteiger partial charge < -0.3 is 4.40 Å². The van der Waals surface area contributed by atoms with Crippen LogP contribution in [0.25, 0.3) is 5.65 Å². The lowest BCUT2D eigenvalue weighted by Gasteiger charge is -1.98. The van der Waals surface area contributed by atoms with Crippen LogP contribution in [0, 0.1) is 6.92 Å². The first kappa shape index (κ1) is 11.6. The molecule has 2 aromatic rings. The lowest BCUT2D eigenvalue weighted by Crippen LogP contribution is -1.90. The monoisotopic (exact) mass is 250 g/mol. The summed E-state index contributed by atoms with van der Waals surface area (Å²) in [5.74, 6) is 0.452. The van der Waals surface area contributed by atoms with Crippen molar-refractivity contribution in [1.29, 1.82) is 0 Å². The molecule has 0 aliphatic rings. The Bertz CT molecular complexity index is 450. The van der Waals surface area contributed by atoms with Crippen LogP contribution < -0.4 is 0 Å². The summed E-state index contributed by atoms with van der Waals surface area (Å²) >= 11 is 11.7. The number of aromatic nitrogens is 2. The molecule has 0 fully saturated rings. The first-order valence-electron chi connectivity index (χ1n) is 3.91. The molecule has 0 N–H and O–H groups in total. The SMILES string of the molecule is Cc1nc2ccc(Cl)cn2c1CCl.Cl. The summed E-state index contributed by atoms with van der Waals surface area (Å²) < 4.78 is 1.92. The van der Waals surface area contributed by atoms with Crippen LogP contribution >= 0.6 is 35.6 Å². The minimum atomic E-state index is 0. The van der Waals surface area contributed by atoms with Crippen LogP contribution in [-0.2, 0) is 5.88 Å². The third-order valence-electron chi connectivity index (χ3n) is 2.01. The Morgan fingerprint density at radius 3 is 2.79 bits per heavy atom. The van der Waals surface area contributed by atoms with Gasteiger partial charge in [0.15, 0.2) is 0 Å². The molecular formula is C9H9Cl3N2. The van der Waals surface area contributed by atoms with Crippen molar-refractivity contribution >= 4 is 41.3 Å². The predicted molar refractivity (Wildman–Crippen MR) is 61.7 cm³/mol. The molecule has 2 heterocycles. The van der Waals surface area contributed by atoms with Crippen molar-refractivity contribution in [2.75, 3.05) is 0 Å². The number of rotatable bonds is 1. The Morgan fingerprint density at radius 2 is 2.14 bits per heavy atom. The average Bonchev–Trinajstić information content (AvgIpc) is 2.40. The zero-order valence-electron chi connectivity index (χ0n) is 7.50. The number of imidazole rings is 1. The van der Waals surface area contributed by atoms with Crippen LogP contribution in [0.4, 0.5) is 0 Å². The Balaban J connectivity index is 0.000000980. The van der Waals surface area contributed by atoms with Gasteiger partial charge in [0, 0.05) is 6.20 Å². The van der Waals surface area contributed by atoms with Crippen LogP contribution in [0.5, 0.6) is 0 Å². The maximum Gasteiger partial charge on any atom is 0.137 e. The molecule has 0 aliphatic heterocycles. The second-order valence-electron chi connectivity index (χ2n) is 2.85. The van der Waals surface area contributed by atoms with Crippen molar-refractivity contribution in [2.24, 2.45) is 0 Å². The van der Waals surface area contributed by atoms with Gasteiger partial charge >= 0.3 is 0 Å². The van der Waals surface area contributed by atoms with Gasteiger partial charge in [-0.15, -0.1) is 24.0 Å². The van der Waals surface area contributed by atoms with E-state index in [1.165, 1.54) is 0 Å². The van der Waals surface area contributed by atoms with Crippen LogP contribution in [-0.4, -0.2) is 9.38 Å². The first-order chi connectivity index (χ1) is 6.22. The molecule has 2 aromatic heterocycles. The van der Waals surface area contributed by atoms with Gasteiger partial charge in [-0.3, -0.25) is 0 Å². The molecule has 0 atom stereocenters. The quantitative estimate of drug-likeness (QED) is 0.710. The fourth-order valence-electron chi connectivity index (χ4n) is 1.35. The molecule has 2 nitrogen and oxygen atoms in total. The lowest BCUT2D eigenvalue weighted by atomic mass is 10.4. The standard InChI is InChI=1S/C9H8Cl2N2.ClH/c1-6-8(4-10)13-5-7(11)2-3-9(13)12-6;/h2-3,5H,4H2,1H3;1H. The van der Waals surface area contributed by atoms with Gasteiger partial charge in [0.25, 0.3) is 0 Å². The molecule has 0 unspecified atom stereocenters. The van der Waals surface area contributed by atoms with Gasteiger partial charge in [0.05, 0.1) is 22.3 Å². The lowest BCUT2D eigenvalue weighted by molar-refractivity contribution is 1.07. The highest BCUT2D eigenvalue weighted by atomic mass is 35.5. The number of aryl methyl sites for hydroxylation is 1. The maximum absolute atomic E-state index is 5.87. The van der Waals surface area contributed by atoms with E-state index < -0.39 is 0 Å². The van der Waals surface area contributed by atoms with E-state index >= 15 is 0 Å². The first-order valence-corrected chi connectivity index (χ1v) is 4.82. The molecule has 0 amide bonds. The molecule has 0 saturated carbocycles. The molecular weight excluding hydrogens is 242 g/mol. The Hall–Kier alpha value is -0.440. The van der Waals surface area contributed by atoms with Crippen LogP contribution in [0.15, 0.2) is 18.3 Å². The summed E-state index contributed by atoms with van der Waals surface area (Å²) in [5.41, 5.74) is 2.84. The number of alkyl halides is 1. The highest BCUT2D eigenvalue weighted by molar-refractivity contribution is 6.30. The molecule has 14 heavy (non-hydrogen) atoms. The molecule has 0 aromatic carbocycles. The van der Waals surface area contributed by atoms with Crippen LogP contribution in [0.1, 0.15) is 11.4 Å². The normalized spacial score (nSPS) is 10.2. The van der Waals surface area contributed by atoms with Crippen molar-refractivity contribution in [3.8, 4) is 0 Å².